The number of sulfonamides is 1. The monoisotopic (exact) mass is 623 g/mol. The summed E-state index contributed by atoms with van der Waals surface area (Å²) in [6.07, 6.45) is 1.04. The van der Waals surface area contributed by atoms with Gasteiger partial charge < -0.3 is 10.2 Å². The molecule has 0 heterocycles. The van der Waals surface area contributed by atoms with Gasteiger partial charge in [0.15, 0.2) is 0 Å². The average Bonchev–Trinajstić information content (AvgIpc) is 2.94. The number of halogens is 3. The van der Waals surface area contributed by atoms with Crippen molar-refractivity contribution >= 4 is 62.3 Å². The fraction of sp³-hybridized carbons (Fsp3) is 0.310. The van der Waals surface area contributed by atoms with Gasteiger partial charge in [-0.3, -0.25) is 13.9 Å². The van der Waals surface area contributed by atoms with E-state index in [-0.39, 0.29) is 39.1 Å². The first-order valence-corrected chi connectivity index (χ1v) is 15.4. The summed E-state index contributed by atoms with van der Waals surface area (Å²) in [5.74, 6) is -0.877. The normalized spacial score (nSPS) is 12.8. The highest BCUT2D eigenvalue weighted by Crippen LogP contribution is 2.31. The predicted molar refractivity (Wildman–Crippen MR) is 161 cm³/mol. The summed E-state index contributed by atoms with van der Waals surface area (Å²) in [6, 6.07) is 18.1. The van der Waals surface area contributed by atoms with Gasteiger partial charge in [-0.05, 0) is 67.8 Å². The van der Waals surface area contributed by atoms with E-state index in [0.717, 1.165) is 9.87 Å². The predicted octanol–water partition coefficient (Wildman–Crippen LogP) is 6.56. The van der Waals surface area contributed by atoms with Gasteiger partial charge in [0.1, 0.15) is 12.6 Å². The molecule has 0 saturated heterocycles. The van der Waals surface area contributed by atoms with Gasteiger partial charge >= 0.3 is 0 Å². The maximum atomic E-state index is 14.0. The van der Waals surface area contributed by atoms with Crippen LogP contribution in [0.3, 0.4) is 0 Å². The Morgan fingerprint density at radius 1 is 0.875 bits per heavy atom. The number of nitrogens with zero attached hydrogens (tertiary/aromatic N) is 2. The highest BCUT2D eigenvalue weighted by molar-refractivity contribution is 7.92. The van der Waals surface area contributed by atoms with E-state index in [4.69, 9.17) is 34.8 Å². The number of anilines is 1. The molecule has 3 rings (SSSR count). The lowest BCUT2D eigenvalue weighted by Gasteiger charge is -2.33. The molecule has 214 valence electrons. The fourth-order valence-corrected chi connectivity index (χ4v) is 5.88. The summed E-state index contributed by atoms with van der Waals surface area (Å²) < 4.78 is 28.6. The van der Waals surface area contributed by atoms with Crippen molar-refractivity contribution in [2.75, 3.05) is 10.8 Å². The topological polar surface area (TPSA) is 86.8 Å². The van der Waals surface area contributed by atoms with Crippen molar-refractivity contribution in [3.05, 3.63) is 93.4 Å². The van der Waals surface area contributed by atoms with Gasteiger partial charge in [-0.15, -0.1) is 0 Å². The highest BCUT2D eigenvalue weighted by Gasteiger charge is 2.34. The summed E-state index contributed by atoms with van der Waals surface area (Å²) in [7, 11) is -4.20. The van der Waals surface area contributed by atoms with Crippen LogP contribution in [-0.4, -0.2) is 43.8 Å². The molecule has 3 aromatic carbocycles. The minimum atomic E-state index is -4.20. The molecule has 2 amide bonds. The van der Waals surface area contributed by atoms with Crippen LogP contribution in [0.2, 0.25) is 15.1 Å². The van der Waals surface area contributed by atoms with Gasteiger partial charge in [-0.25, -0.2) is 8.42 Å². The van der Waals surface area contributed by atoms with Gasteiger partial charge in [0.2, 0.25) is 11.8 Å². The summed E-state index contributed by atoms with van der Waals surface area (Å²) in [6.45, 7) is 5.14. The molecule has 0 fully saturated rings. The molecule has 3 aromatic rings. The van der Waals surface area contributed by atoms with Crippen LogP contribution in [0.15, 0.2) is 77.7 Å². The van der Waals surface area contributed by atoms with E-state index in [1.54, 1.807) is 49.4 Å². The molecular weight excluding hydrogens is 593 g/mol. The second-order valence-electron chi connectivity index (χ2n) is 9.31. The Bertz CT molecular complexity index is 1420. The Balaban J connectivity index is 2.06. The molecule has 0 unspecified atom stereocenters. The second kappa shape index (κ2) is 14.2. The number of hydrogen-bond acceptors (Lipinski definition) is 4. The molecule has 0 aromatic heterocycles. The van der Waals surface area contributed by atoms with Crippen molar-refractivity contribution in [3.8, 4) is 0 Å². The van der Waals surface area contributed by atoms with E-state index in [9.17, 15) is 18.0 Å². The third-order valence-corrected chi connectivity index (χ3v) is 9.23. The maximum absolute atomic E-state index is 14.0. The zero-order chi connectivity index (χ0) is 29.4. The first-order chi connectivity index (χ1) is 19.0. The van der Waals surface area contributed by atoms with Crippen LogP contribution in [0.5, 0.6) is 0 Å². The van der Waals surface area contributed by atoms with Crippen LogP contribution in [0.25, 0.3) is 0 Å². The van der Waals surface area contributed by atoms with Gasteiger partial charge in [-0.2, -0.15) is 0 Å². The largest absolute Gasteiger partial charge is 0.352 e. The third-order valence-electron chi connectivity index (χ3n) is 6.45. The molecule has 0 aliphatic heterocycles. The summed E-state index contributed by atoms with van der Waals surface area (Å²) in [5, 5.41) is 3.86. The standard InChI is InChI=1S/C29H32Cl3N3O4S/c1-4-20(3)33-29(37)27(5-2)34(18-21-11-13-22(30)14-12-21)28(36)19-35(23-15-16-25(31)26(32)17-23)40(38,39)24-9-7-6-8-10-24/h6-17,20,27H,4-5,18-19H2,1-3H3,(H,33,37)/t20-,27+/m1/s1. The lowest BCUT2D eigenvalue weighted by Crippen LogP contribution is -2.53. The minimum Gasteiger partial charge on any atom is -0.352 e. The van der Waals surface area contributed by atoms with E-state index in [2.05, 4.69) is 5.32 Å². The number of amides is 2. The van der Waals surface area contributed by atoms with E-state index in [0.29, 0.717) is 17.9 Å². The highest BCUT2D eigenvalue weighted by atomic mass is 35.5. The molecule has 0 aliphatic carbocycles. The van der Waals surface area contributed by atoms with Gasteiger partial charge in [-0.1, -0.05) is 79.0 Å². The first kappa shape index (κ1) is 31.7. The van der Waals surface area contributed by atoms with Crippen molar-refractivity contribution in [3.63, 3.8) is 0 Å². The average molecular weight is 625 g/mol. The molecule has 40 heavy (non-hydrogen) atoms. The van der Waals surface area contributed by atoms with E-state index in [1.807, 2.05) is 13.8 Å². The van der Waals surface area contributed by atoms with Crippen LogP contribution in [0.4, 0.5) is 5.69 Å². The van der Waals surface area contributed by atoms with Crippen LogP contribution in [-0.2, 0) is 26.2 Å². The van der Waals surface area contributed by atoms with E-state index < -0.39 is 28.5 Å². The Hall–Kier alpha value is -2.78. The van der Waals surface area contributed by atoms with Crippen LogP contribution in [0, 0.1) is 0 Å². The lowest BCUT2D eigenvalue weighted by molar-refractivity contribution is -0.140. The Morgan fingerprint density at radius 2 is 1.52 bits per heavy atom. The fourth-order valence-electron chi connectivity index (χ4n) is 4.04. The second-order valence-corrected chi connectivity index (χ2v) is 12.4. The molecule has 0 aliphatic rings. The molecule has 7 nitrogen and oxygen atoms in total. The number of benzene rings is 3. The minimum absolute atomic E-state index is 0.000297. The number of nitrogens with one attached hydrogen (secondary N) is 1. The third kappa shape index (κ3) is 7.91. The SMILES string of the molecule is CC[C@@H](C)NC(=O)[C@H](CC)N(Cc1ccc(Cl)cc1)C(=O)CN(c1ccc(Cl)c(Cl)c1)S(=O)(=O)c1ccccc1. The van der Waals surface area contributed by atoms with Gasteiger partial charge in [0.25, 0.3) is 10.0 Å². The molecule has 1 N–H and O–H groups in total. The van der Waals surface area contributed by atoms with Gasteiger partial charge in [0.05, 0.1) is 20.6 Å². The molecule has 11 heteroatoms. The molecular formula is C29H32Cl3N3O4S. The summed E-state index contributed by atoms with van der Waals surface area (Å²) >= 11 is 18.4. The van der Waals surface area contributed by atoms with Crippen LogP contribution >= 0.6 is 34.8 Å². The van der Waals surface area contributed by atoms with Gasteiger partial charge in [0, 0.05) is 17.6 Å². The zero-order valence-corrected chi connectivity index (χ0v) is 25.6. The van der Waals surface area contributed by atoms with Crippen LogP contribution in [0.1, 0.15) is 39.2 Å². The molecule has 2 atom stereocenters. The van der Waals surface area contributed by atoms with E-state index in [1.165, 1.54) is 35.2 Å². The zero-order valence-electron chi connectivity index (χ0n) is 22.5. The number of rotatable bonds is 12. The molecule has 0 spiro atoms. The number of carbonyl (C=O) groups is 2. The van der Waals surface area contributed by atoms with Crippen molar-refractivity contribution in [1.29, 1.82) is 0 Å². The van der Waals surface area contributed by atoms with Crippen molar-refractivity contribution in [2.24, 2.45) is 0 Å². The molecule has 0 radical (unpaired) electrons. The van der Waals surface area contributed by atoms with Crippen molar-refractivity contribution in [2.45, 2.75) is 57.1 Å². The van der Waals surface area contributed by atoms with Crippen molar-refractivity contribution in [1.82, 2.24) is 10.2 Å². The smallest absolute Gasteiger partial charge is 0.264 e. The summed E-state index contributed by atoms with van der Waals surface area (Å²) in [4.78, 5) is 28.8. The van der Waals surface area contributed by atoms with E-state index >= 15 is 0 Å². The number of carbonyl (C=O) groups excluding carboxylic acids is 2. The molecule has 0 saturated carbocycles. The first-order valence-electron chi connectivity index (χ1n) is 12.8. The Morgan fingerprint density at radius 3 is 2.10 bits per heavy atom. The van der Waals surface area contributed by atoms with Crippen molar-refractivity contribution < 1.29 is 18.0 Å². The molecule has 0 bridgehead atoms. The van der Waals surface area contributed by atoms with Crippen LogP contribution < -0.4 is 9.62 Å². The number of hydrogen-bond donors (Lipinski definition) is 1. The summed E-state index contributed by atoms with van der Waals surface area (Å²) in [5.41, 5.74) is 0.898. The quantitative estimate of drug-likeness (QED) is 0.247. The Kier molecular flexibility index (Phi) is 11.3. The maximum Gasteiger partial charge on any atom is 0.264 e. The Labute approximate surface area is 251 Å². The lowest BCUT2D eigenvalue weighted by atomic mass is 10.1.